The predicted molar refractivity (Wildman–Crippen MR) is 122 cm³/mol. The van der Waals surface area contributed by atoms with Crippen LogP contribution in [0.5, 0.6) is 0 Å². The summed E-state index contributed by atoms with van der Waals surface area (Å²) in [7, 11) is 0. The molecule has 0 spiro atoms. The molecule has 0 atom stereocenters. The second kappa shape index (κ2) is 10.00. The summed E-state index contributed by atoms with van der Waals surface area (Å²) in [5.41, 5.74) is 1.79. The van der Waals surface area contributed by atoms with Crippen molar-refractivity contribution in [1.29, 1.82) is 0 Å². The van der Waals surface area contributed by atoms with Crippen LogP contribution < -0.4 is 4.90 Å². The molecule has 3 rings (SSSR count). The minimum absolute atomic E-state index is 0.177. The zero-order valence-electron chi connectivity index (χ0n) is 18.7. The first-order valence-electron chi connectivity index (χ1n) is 10.7. The third-order valence-electron chi connectivity index (χ3n) is 4.88. The molecule has 0 aliphatic rings. The lowest BCUT2D eigenvalue weighted by Crippen LogP contribution is -2.32. The van der Waals surface area contributed by atoms with Gasteiger partial charge in [-0.15, -0.1) is 0 Å². The quantitative estimate of drug-likeness (QED) is 0.349. The number of carbonyl (C=O) groups excluding carboxylic acids is 2. The molecule has 3 aromatic rings. The molecule has 0 aromatic carbocycles. The van der Waals surface area contributed by atoms with Gasteiger partial charge in [-0.25, -0.2) is 19.4 Å². The van der Waals surface area contributed by atoms with Gasteiger partial charge in [0.2, 0.25) is 0 Å². The Hall–Kier alpha value is -2.81. The van der Waals surface area contributed by atoms with Gasteiger partial charge in [0, 0.05) is 24.2 Å². The number of hydrogen-bond acceptors (Lipinski definition) is 7. The van der Waals surface area contributed by atoms with Crippen molar-refractivity contribution >= 4 is 39.4 Å². The van der Waals surface area contributed by atoms with Gasteiger partial charge in [-0.1, -0.05) is 31.1 Å². The first-order valence-corrected chi connectivity index (χ1v) is 11.5. The molecule has 9 heteroatoms. The number of thiazole rings is 1. The lowest BCUT2D eigenvalue weighted by atomic mass is 10.2. The third kappa shape index (κ3) is 4.92. The number of rotatable bonds is 9. The Kier molecular flexibility index (Phi) is 7.37. The largest absolute Gasteiger partial charge is 0.462 e. The first kappa shape index (κ1) is 22.9. The maximum absolute atomic E-state index is 13.4. The van der Waals surface area contributed by atoms with Crippen molar-refractivity contribution in [3.63, 3.8) is 0 Å². The highest BCUT2D eigenvalue weighted by atomic mass is 32.1. The van der Waals surface area contributed by atoms with Crippen LogP contribution >= 0.6 is 11.3 Å². The van der Waals surface area contributed by atoms with Crippen LogP contribution in [0.2, 0.25) is 0 Å². The van der Waals surface area contributed by atoms with Crippen LogP contribution in [0.25, 0.3) is 11.0 Å². The minimum Gasteiger partial charge on any atom is -0.462 e. The van der Waals surface area contributed by atoms with Gasteiger partial charge in [0.25, 0.3) is 5.91 Å². The van der Waals surface area contributed by atoms with Gasteiger partial charge in [0.1, 0.15) is 4.88 Å². The van der Waals surface area contributed by atoms with Crippen LogP contribution in [0.3, 0.4) is 0 Å². The highest BCUT2D eigenvalue weighted by Crippen LogP contribution is 2.29. The molecule has 3 heterocycles. The van der Waals surface area contributed by atoms with E-state index in [0.717, 1.165) is 30.3 Å². The standard InChI is InChI=1S/C22H29N5O3S/c1-6-8-9-10-26(22-25-15(5)18(31-22)21(29)30-7-2)20(28)17-11-16-13-24-27(14(3)4)19(16)23-12-17/h11-14H,6-10H2,1-5H3. The van der Waals surface area contributed by atoms with E-state index in [1.165, 1.54) is 11.3 Å². The molecule has 0 fully saturated rings. The molecule has 166 valence electrons. The van der Waals surface area contributed by atoms with E-state index in [2.05, 4.69) is 22.0 Å². The molecule has 0 N–H and O–H groups in total. The summed E-state index contributed by atoms with van der Waals surface area (Å²) in [6.45, 7) is 10.5. The number of ether oxygens (including phenoxy) is 1. The zero-order valence-corrected chi connectivity index (χ0v) is 19.5. The molecule has 1 amide bonds. The summed E-state index contributed by atoms with van der Waals surface area (Å²) in [6, 6.07) is 1.99. The number of hydrogen-bond donors (Lipinski definition) is 0. The highest BCUT2D eigenvalue weighted by Gasteiger charge is 2.25. The molecular formula is C22H29N5O3S. The predicted octanol–water partition coefficient (Wildman–Crippen LogP) is 4.79. The Labute approximate surface area is 186 Å². The Morgan fingerprint density at radius 3 is 2.68 bits per heavy atom. The molecule has 0 radical (unpaired) electrons. The molecular weight excluding hydrogens is 414 g/mol. The van der Waals surface area contributed by atoms with E-state index in [0.29, 0.717) is 34.4 Å². The van der Waals surface area contributed by atoms with Crippen molar-refractivity contribution in [2.45, 2.75) is 59.9 Å². The van der Waals surface area contributed by atoms with Gasteiger partial charge in [-0.05, 0) is 40.2 Å². The van der Waals surface area contributed by atoms with Crippen molar-refractivity contribution in [3.8, 4) is 0 Å². The van der Waals surface area contributed by atoms with E-state index in [-0.39, 0.29) is 11.9 Å². The van der Waals surface area contributed by atoms with E-state index in [4.69, 9.17) is 4.74 Å². The van der Waals surface area contributed by atoms with Crippen LogP contribution in [0.4, 0.5) is 5.13 Å². The summed E-state index contributed by atoms with van der Waals surface area (Å²) < 4.78 is 6.96. The number of unbranched alkanes of at least 4 members (excludes halogenated alkanes) is 2. The van der Waals surface area contributed by atoms with E-state index in [1.807, 2.05) is 24.6 Å². The second-order valence-corrected chi connectivity index (χ2v) is 8.59. The summed E-state index contributed by atoms with van der Waals surface area (Å²) in [6.07, 6.45) is 6.19. The summed E-state index contributed by atoms with van der Waals surface area (Å²) >= 11 is 1.19. The summed E-state index contributed by atoms with van der Waals surface area (Å²) in [4.78, 5) is 36.8. The fourth-order valence-electron chi connectivity index (χ4n) is 3.28. The Bertz CT molecular complexity index is 1070. The minimum atomic E-state index is -0.408. The van der Waals surface area contributed by atoms with Gasteiger partial charge >= 0.3 is 5.97 Å². The highest BCUT2D eigenvalue weighted by molar-refractivity contribution is 7.17. The molecule has 8 nitrogen and oxygen atoms in total. The normalized spacial score (nSPS) is 11.3. The van der Waals surface area contributed by atoms with Gasteiger partial charge < -0.3 is 4.74 Å². The van der Waals surface area contributed by atoms with Crippen LogP contribution in [-0.4, -0.2) is 44.8 Å². The fraction of sp³-hybridized carbons (Fsp3) is 0.500. The number of aryl methyl sites for hydroxylation is 1. The van der Waals surface area contributed by atoms with E-state index < -0.39 is 5.97 Å². The molecule has 0 aliphatic carbocycles. The molecule has 0 saturated heterocycles. The smallest absolute Gasteiger partial charge is 0.350 e. The number of nitrogens with zero attached hydrogens (tertiary/aromatic N) is 5. The summed E-state index contributed by atoms with van der Waals surface area (Å²) in [5, 5.41) is 5.69. The summed E-state index contributed by atoms with van der Waals surface area (Å²) in [5.74, 6) is -0.596. The van der Waals surface area contributed by atoms with E-state index in [9.17, 15) is 9.59 Å². The maximum Gasteiger partial charge on any atom is 0.350 e. The number of carbonyl (C=O) groups is 2. The maximum atomic E-state index is 13.4. The number of amides is 1. The SMILES string of the molecule is CCCCCN(C(=O)c1cnc2c(cnn2C(C)C)c1)c1nc(C)c(C(=O)OCC)s1. The topological polar surface area (TPSA) is 90.2 Å². The lowest BCUT2D eigenvalue weighted by molar-refractivity contribution is 0.0531. The van der Waals surface area contributed by atoms with Crippen molar-refractivity contribution in [2.75, 3.05) is 18.1 Å². The first-order chi connectivity index (χ1) is 14.9. The fourth-order valence-corrected chi connectivity index (χ4v) is 4.26. The molecule has 0 bridgehead atoms. The van der Waals surface area contributed by atoms with Gasteiger partial charge in [-0.2, -0.15) is 5.10 Å². The number of anilines is 1. The van der Waals surface area contributed by atoms with Crippen LogP contribution in [0, 0.1) is 6.92 Å². The van der Waals surface area contributed by atoms with Crippen LogP contribution in [0.15, 0.2) is 18.5 Å². The molecule has 0 unspecified atom stereocenters. The number of esters is 1. The third-order valence-corrected chi connectivity index (χ3v) is 6.04. The van der Waals surface area contributed by atoms with Crippen LogP contribution in [-0.2, 0) is 4.74 Å². The van der Waals surface area contributed by atoms with Gasteiger partial charge in [-0.3, -0.25) is 9.69 Å². The molecule has 0 saturated carbocycles. The van der Waals surface area contributed by atoms with E-state index in [1.54, 1.807) is 31.1 Å². The lowest BCUT2D eigenvalue weighted by Gasteiger charge is -2.20. The van der Waals surface area contributed by atoms with Crippen molar-refractivity contribution in [1.82, 2.24) is 19.7 Å². The van der Waals surface area contributed by atoms with Crippen molar-refractivity contribution in [3.05, 3.63) is 34.6 Å². The monoisotopic (exact) mass is 443 g/mol. The zero-order chi connectivity index (χ0) is 22.5. The van der Waals surface area contributed by atoms with Crippen molar-refractivity contribution in [2.24, 2.45) is 0 Å². The number of aromatic nitrogens is 4. The van der Waals surface area contributed by atoms with Crippen molar-refractivity contribution < 1.29 is 14.3 Å². The van der Waals surface area contributed by atoms with E-state index >= 15 is 0 Å². The van der Waals surface area contributed by atoms with Gasteiger partial charge in [0.05, 0.1) is 24.1 Å². The molecule has 0 aliphatic heterocycles. The Balaban J connectivity index is 1.95. The molecule has 3 aromatic heterocycles. The van der Waals surface area contributed by atoms with Crippen LogP contribution in [0.1, 0.15) is 78.7 Å². The number of pyridine rings is 1. The molecule has 31 heavy (non-hydrogen) atoms. The van der Waals surface area contributed by atoms with Gasteiger partial charge in [0.15, 0.2) is 10.8 Å². The Morgan fingerprint density at radius 1 is 1.23 bits per heavy atom. The average Bonchev–Trinajstić information content (AvgIpc) is 3.34. The average molecular weight is 444 g/mol. The second-order valence-electron chi connectivity index (χ2n) is 7.62. The number of fused-ring (bicyclic) bond motifs is 1. The Morgan fingerprint density at radius 2 is 2.00 bits per heavy atom.